The van der Waals surface area contributed by atoms with Gasteiger partial charge in [-0.05, 0) is 43.3 Å². The number of nitrogens with one attached hydrogen (secondary N) is 2. The van der Waals surface area contributed by atoms with Crippen molar-refractivity contribution in [3.63, 3.8) is 0 Å². The minimum absolute atomic E-state index is 0. The average molecular weight is 837 g/mol. The van der Waals surface area contributed by atoms with Crippen LogP contribution in [0.5, 0.6) is 11.6 Å². The van der Waals surface area contributed by atoms with E-state index in [1.165, 1.54) is 43.5 Å². The van der Waals surface area contributed by atoms with E-state index in [0.717, 1.165) is 30.9 Å². The number of hydrogen-bond donors (Lipinski definition) is 3. The number of nitrogens with zero attached hydrogens (tertiary/aromatic N) is 6. The number of amidine groups is 1. The van der Waals surface area contributed by atoms with Crippen LogP contribution in [0.1, 0.15) is 13.8 Å². The number of methoxy groups -OCH3 is 2. The zero-order chi connectivity index (χ0) is 30.9. The number of ether oxygens (including phenoxy) is 2. The average Bonchev–Trinajstić information content (AvgIpc) is 3.26. The molecule has 3 N–H and O–H groups in total. The van der Waals surface area contributed by atoms with Gasteiger partial charge in [-0.2, -0.15) is 10.1 Å². The fraction of sp³-hybridized carbons (Fsp3) is 0.160. The fourth-order valence-electron chi connectivity index (χ4n) is 3.32. The summed E-state index contributed by atoms with van der Waals surface area (Å²) < 4.78 is 42.7. The summed E-state index contributed by atoms with van der Waals surface area (Å²) in [4.78, 5) is 16.8. The Morgan fingerprint density at radius 1 is 1.09 bits per heavy atom. The van der Waals surface area contributed by atoms with Crippen LogP contribution in [0.2, 0.25) is 0 Å². The Bertz CT molecular complexity index is 1650. The van der Waals surface area contributed by atoms with E-state index in [1.807, 2.05) is 30.3 Å². The molecule has 0 saturated carbocycles. The molecule has 0 atom stereocenters. The third kappa shape index (κ3) is 9.40. The molecule has 3 aromatic rings. The zero-order valence-electron chi connectivity index (χ0n) is 23.2. The topological polar surface area (TPSA) is 192 Å². The van der Waals surface area contributed by atoms with Crippen molar-refractivity contribution in [2.24, 2.45) is 14.7 Å². The van der Waals surface area contributed by atoms with Gasteiger partial charge in [0.05, 0.1) is 36.2 Å². The molecule has 0 unspecified atom stereocenters. The first-order valence-corrected chi connectivity index (χ1v) is 14.4. The van der Waals surface area contributed by atoms with E-state index in [4.69, 9.17) is 37.4 Å². The smallest absolute Gasteiger partial charge is 0.300 e. The number of anilines is 2. The monoisotopic (exact) mass is 837 g/mol. The number of para-hydroxylation sites is 1. The van der Waals surface area contributed by atoms with Crippen LogP contribution in [0.3, 0.4) is 0 Å². The quantitative estimate of drug-likeness (QED) is 0.120. The summed E-state index contributed by atoms with van der Waals surface area (Å²) in [5.41, 5.74) is 2.26. The summed E-state index contributed by atoms with van der Waals surface area (Å²) in [7, 11) is -1.26. The summed E-state index contributed by atoms with van der Waals surface area (Å²) >= 11 is 6.39. The first-order valence-electron chi connectivity index (χ1n) is 11.7. The van der Waals surface area contributed by atoms with E-state index in [1.54, 1.807) is 6.92 Å². The van der Waals surface area contributed by atoms with Crippen molar-refractivity contribution < 1.29 is 27.8 Å². The van der Waals surface area contributed by atoms with Crippen LogP contribution in [0, 0.1) is 5.41 Å². The van der Waals surface area contributed by atoms with Crippen LogP contribution < -0.4 is 19.2 Å². The molecule has 0 amide bonds. The van der Waals surface area contributed by atoms with E-state index in [-0.39, 0.29) is 55.5 Å². The Hall–Kier alpha value is -3.69. The maximum atomic E-state index is 12.8. The molecule has 0 aliphatic carbocycles. The van der Waals surface area contributed by atoms with E-state index >= 15 is 0 Å². The predicted molar refractivity (Wildman–Crippen MR) is 168 cm³/mol. The SMILES string of the molecule is CC(=O)O.COc1ncnc(NS(=O)(=O)c2ccc(N=NS/C([S-])=C3\C(=N)N(c4ccccc4)N=C3C)cc2)c1OC.[Pb]. The van der Waals surface area contributed by atoms with Gasteiger partial charge in [0.15, 0.2) is 11.7 Å². The molecule has 2 heterocycles. The Balaban J connectivity index is 0.00000121. The number of benzene rings is 2. The first-order chi connectivity index (χ1) is 20.0. The summed E-state index contributed by atoms with van der Waals surface area (Å²) in [5, 5.41) is 25.9. The molecule has 1 aliphatic rings. The van der Waals surface area contributed by atoms with Gasteiger partial charge in [0.1, 0.15) is 6.33 Å². The van der Waals surface area contributed by atoms with Gasteiger partial charge in [0, 0.05) is 51.7 Å². The molecule has 43 heavy (non-hydrogen) atoms. The van der Waals surface area contributed by atoms with Crippen molar-refractivity contribution in [2.75, 3.05) is 24.0 Å². The molecule has 1 aliphatic heterocycles. The summed E-state index contributed by atoms with van der Waals surface area (Å²) in [6, 6.07) is 15.1. The summed E-state index contributed by atoms with van der Waals surface area (Å²) in [6.45, 7) is 2.86. The summed E-state index contributed by atoms with van der Waals surface area (Å²) in [6.07, 6.45) is 1.16. The molecule has 2 aromatic carbocycles. The molecule has 0 fully saturated rings. The van der Waals surface area contributed by atoms with Crippen LogP contribution in [0.15, 0.2) is 90.4 Å². The van der Waals surface area contributed by atoms with Gasteiger partial charge in [0.2, 0.25) is 5.75 Å². The van der Waals surface area contributed by atoms with Gasteiger partial charge in [-0.3, -0.25) is 14.9 Å². The standard InChI is InChI=1S/C23H22N8O4S3.C2H4O2.Pb/c1-14-18(20(24)31(28-14)16-7-5-4-6-8-16)23(36)37-30-27-15-9-11-17(12-10-15)38(32,33)29-21-19(34-2)22(35-3)26-13-25-21;1-2(3)4;/h4-13,24,36H,1-3H3,(H,25,26,29);1H3,(H,3,4);/p-1/b23-18-,24-20?,30-27?;;. The Morgan fingerprint density at radius 2 is 1.72 bits per heavy atom. The second kappa shape index (κ2) is 16.2. The van der Waals surface area contributed by atoms with E-state index in [0.29, 0.717) is 21.2 Å². The van der Waals surface area contributed by atoms with Gasteiger partial charge in [-0.1, -0.05) is 18.2 Å². The molecule has 14 nitrogen and oxygen atoms in total. The van der Waals surface area contributed by atoms with Gasteiger partial charge >= 0.3 is 0 Å². The van der Waals surface area contributed by atoms with Crippen molar-refractivity contribution in [3.05, 3.63) is 70.7 Å². The molecule has 4 radical (unpaired) electrons. The number of sulfonamides is 1. The van der Waals surface area contributed by atoms with Crippen LogP contribution >= 0.6 is 11.9 Å². The number of carboxylic acid groups (broad SMARTS) is 1. The first kappa shape index (κ1) is 35.5. The molecule has 0 saturated heterocycles. The normalized spacial score (nSPS) is 13.8. The number of aromatic nitrogens is 2. The molecular formula is C25H25N8O6PbS3-. The van der Waals surface area contributed by atoms with E-state index in [9.17, 15) is 8.42 Å². The van der Waals surface area contributed by atoms with Gasteiger partial charge < -0.3 is 27.2 Å². The van der Waals surface area contributed by atoms with Crippen LogP contribution in [0.25, 0.3) is 0 Å². The molecular weight excluding hydrogens is 812 g/mol. The number of rotatable bonds is 9. The number of hydrazone groups is 1. The van der Waals surface area contributed by atoms with Crippen molar-refractivity contribution in [2.45, 2.75) is 18.7 Å². The second-order valence-corrected chi connectivity index (χ2v) is 11.1. The zero-order valence-corrected chi connectivity index (χ0v) is 29.5. The van der Waals surface area contributed by atoms with Gasteiger partial charge in [0.25, 0.3) is 21.9 Å². The molecule has 18 heteroatoms. The van der Waals surface area contributed by atoms with Crippen molar-refractivity contribution >= 4 is 96.6 Å². The molecule has 4 rings (SSSR count). The molecule has 1 aromatic heterocycles. The van der Waals surface area contributed by atoms with Crippen LogP contribution in [-0.4, -0.2) is 82.5 Å². The molecule has 0 bridgehead atoms. The minimum atomic E-state index is -3.99. The summed E-state index contributed by atoms with van der Waals surface area (Å²) in [5.74, 6) is -0.599. The van der Waals surface area contributed by atoms with E-state index < -0.39 is 16.0 Å². The van der Waals surface area contributed by atoms with Crippen molar-refractivity contribution in [3.8, 4) is 11.6 Å². The Kier molecular flexibility index (Phi) is 13.4. The maximum absolute atomic E-state index is 12.8. The van der Waals surface area contributed by atoms with Gasteiger partial charge in [-0.15, -0.1) is 13.9 Å². The number of carbonyl (C=O) groups is 1. The predicted octanol–water partition coefficient (Wildman–Crippen LogP) is 4.37. The third-order valence-corrected chi connectivity index (χ3v) is 7.41. The van der Waals surface area contributed by atoms with Gasteiger partial charge in [-0.25, -0.2) is 18.4 Å². The molecule has 0 spiro atoms. The number of aliphatic carboxylic acids is 1. The van der Waals surface area contributed by atoms with E-state index in [2.05, 4.69) is 29.4 Å². The minimum Gasteiger partial charge on any atom is -0.770 e. The number of carboxylic acids is 1. The maximum Gasteiger partial charge on any atom is 0.300 e. The molecule has 224 valence electrons. The Labute approximate surface area is 278 Å². The van der Waals surface area contributed by atoms with Crippen LogP contribution in [-0.2, 0) is 27.4 Å². The second-order valence-electron chi connectivity index (χ2n) is 8.00. The van der Waals surface area contributed by atoms with Crippen molar-refractivity contribution in [1.82, 2.24) is 9.97 Å². The number of hydrogen-bond acceptors (Lipinski definition) is 13. The van der Waals surface area contributed by atoms with Crippen molar-refractivity contribution in [1.29, 1.82) is 5.41 Å². The largest absolute Gasteiger partial charge is 0.770 e. The third-order valence-electron chi connectivity index (χ3n) is 5.09. The van der Waals surface area contributed by atoms with Crippen LogP contribution in [0.4, 0.5) is 17.2 Å². The fourth-order valence-corrected chi connectivity index (χ4v) is 5.22. The Morgan fingerprint density at radius 3 is 2.30 bits per heavy atom.